The molecule has 0 saturated carbocycles. The molecule has 0 fully saturated rings. The van der Waals surface area contributed by atoms with E-state index in [9.17, 15) is 16.8 Å². The highest BCUT2D eigenvalue weighted by molar-refractivity contribution is 7.89. The van der Waals surface area contributed by atoms with Gasteiger partial charge in [-0.2, -0.15) is 4.31 Å². The predicted octanol–water partition coefficient (Wildman–Crippen LogP) is 1.74. The van der Waals surface area contributed by atoms with Gasteiger partial charge in [-0.1, -0.05) is 48.0 Å². The van der Waals surface area contributed by atoms with E-state index in [1.54, 1.807) is 48.5 Å². The number of hydrogen-bond acceptors (Lipinski definition) is 4. The third-order valence-corrected chi connectivity index (χ3v) is 6.91. The average molecular weight is 383 g/mol. The fraction of sp³-hybridized carbons (Fsp3) is 0.294. The Morgan fingerprint density at radius 2 is 1.52 bits per heavy atom. The van der Waals surface area contributed by atoms with Crippen molar-refractivity contribution in [1.29, 1.82) is 0 Å². The maximum absolute atomic E-state index is 12.4. The van der Waals surface area contributed by atoms with Gasteiger partial charge < -0.3 is 0 Å². The van der Waals surface area contributed by atoms with E-state index >= 15 is 0 Å². The van der Waals surface area contributed by atoms with Crippen LogP contribution >= 0.6 is 0 Å². The molecule has 0 amide bonds. The van der Waals surface area contributed by atoms with E-state index in [-0.39, 0.29) is 23.7 Å². The quantitative estimate of drug-likeness (QED) is 0.754. The lowest BCUT2D eigenvalue weighted by atomic mass is 10.2. The molecule has 2 aromatic carbocycles. The van der Waals surface area contributed by atoms with Crippen molar-refractivity contribution >= 4 is 20.0 Å². The van der Waals surface area contributed by atoms with Crippen LogP contribution in [0.15, 0.2) is 59.5 Å². The molecule has 0 aliphatic carbocycles. The first-order chi connectivity index (χ1) is 11.7. The van der Waals surface area contributed by atoms with Gasteiger partial charge in [-0.15, -0.1) is 0 Å². The summed E-state index contributed by atoms with van der Waals surface area (Å²) in [7, 11) is -5.72. The number of nitrogens with one attached hydrogen (secondary N) is 1. The molecule has 136 valence electrons. The molecule has 0 aliphatic rings. The van der Waals surface area contributed by atoms with E-state index in [0.717, 1.165) is 9.87 Å². The normalized spacial score (nSPS) is 12.4. The van der Waals surface area contributed by atoms with Crippen LogP contribution in [-0.2, 0) is 25.8 Å². The third kappa shape index (κ3) is 5.64. The van der Waals surface area contributed by atoms with E-state index in [1.165, 1.54) is 7.05 Å². The summed E-state index contributed by atoms with van der Waals surface area (Å²) < 4.78 is 52.6. The van der Waals surface area contributed by atoms with Crippen LogP contribution in [0, 0.1) is 6.92 Å². The van der Waals surface area contributed by atoms with Gasteiger partial charge >= 0.3 is 0 Å². The molecule has 0 heterocycles. The minimum absolute atomic E-state index is 0.0107. The lowest BCUT2D eigenvalue weighted by Crippen LogP contribution is -2.36. The largest absolute Gasteiger partial charge is 0.242 e. The van der Waals surface area contributed by atoms with Gasteiger partial charge in [0.2, 0.25) is 20.0 Å². The van der Waals surface area contributed by atoms with E-state index < -0.39 is 20.0 Å². The number of nitrogens with zero attached hydrogens (tertiary/aromatic N) is 1. The second-order valence-electron chi connectivity index (χ2n) is 5.78. The topological polar surface area (TPSA) is 83.6 Å². The highest BCUT2D eigenvalue weighted by Gasteiger charge is 2.21. The van der Waals surface area contributed by atoms with Gasteiger partial charge in [-0.25, -0.2) is 21.6 Å². The van der Waals surface area contributed by atoms with Crippen LogP contribution in [0.3, 0.4) is 0 Å². The Balaban J connectivity index is 1.93. The van der Waals surface area contributed by atoms with E-state index in [0.29, 0.717) is 5.56 Å². The van der Waals surface area contributed by atoms with Crippen LogP contribution in [0.4, 0.5) is 0 Å². The van der Waals surface area contributed by atoms with Gasteiger partial charge in [0.15, 0.2) is 0 Å². The van der Waals surface area contributed by atoms with Crippen LogP contribution in [0.25, 0.3) is 0 Å². The van der Waals surface area contributed by atoms with Crippen LogP contribution in [0.2, 0.25) is 0 Å². The third-order valence-electron chi connectivity index (χ3n) is 3.68. The van der Waals surface area contributed by atoms with Gasteiger partial charge in [0.1, 0.15) is 0 Å². The van der Waals surface area contributed by atoms with E-state index in [1.807, 2.05) is 13.0 Å². The summed E-state index contributed by atoms with van der Waals surface area (Å²) in [6.45, 7) is 1.93. The molecule has 2 rings (SSSR count). The maximum atomic E-state index is 12.4. The summed E-state index contributed by atoms with van der Waals surface area (Å²) in [5, 5.41) is 0. The molecular formula is C17H22N2O4S2. The molecule has 0 atom stereocenters. The monoisotopic (exact) mass is 382 g/mol. The van der Waals surface area contributed by atoms with Crippen molar-refractivity contribution in [2.75, 3.05) is 20.1 Å². The number of benzene rings is 2. The molecule has 0 aliphatic heterocycles. The van der Waals surface area contributed by atoms with Gasteiger partial charge in [-0.05, 0) is 24.6 Å². The highest BCUT2D eigenvalue weighted by atomic mass is 32.2. The first-order valence-electron chi connectivity index (χ1n) is 7.75. The molecule has 0 saturated heterocycles. The van der Waals surface area contributed by atoms with Gasteiger partial charge in [0, 0.05) is 20.1 Å². The maximum Gasteiger partial charge on any atom is 0.242 e. The number of hydrogen-bond donors (Lipinski definition) is 1. The predicted molar refractivity (Wildman–Crippen MR) is 98.1 cm³/mol. The molecule has 0 radical (unpaired) electrons. The zero-order valence-electron chi connectivity index (χ0n) is 14.2. The van der Waals surface area contributed by atoms with E-state index in [2.05, 4.69) is 4.72 Å². The molecule has 8 heteroatoms. The van der Waals surface area contributed by atoms with Gasteiger partial charge in [0.25, 0.3) is 0 Å². The Labute approximate surface area is 149 Å². The Hall–Kier alpha value is -1.74. The molecular weight excluding hydrogens is 360 g/mol. The number of likely N-dealkylation sites (N-methyl/N-ethyl adjacent to an activating group) is 1. The average Bonchev–Trinajstić information content (AvgIpc) is 2.55. The van der Waals surface area contributed by atoms with Crippen molar-refractivity contribution in [2.24, 2.45) is 0 Å². The summed E-state index contributed by atoms with van der Waals surface area (Å²) in [4.78, 5) is 0.188. The van der Waals surface area contributed by atoms with E-state index in [4.69, 9.17) is 0 Å². The fourth-order valence-electron chi connectivity index (χ4n) is 2.21. The standard InChI is InChI=1S/C17H22N2O4S2/c1-15-8-10-17(11-9-15)25(22,23)19(2)13-12-18-24(20,21)14-16-6-4-3-5-7-16/h3-11,18H,12-14H2,1-2H3. The molecule has 6 nitrogen and oxygen atoms in total. The van der Waals surface area contributed by atoms with Crippen molar-refractivity contribution in [3.63, 3.8) is 0 Å². The number of aryl methyl sites for hydroxylation is 1. The minimum atomic E-state index is -3.63. The van der Waals surface area contributed by atoms with Crippen LogP contribution in [-0.4, -0.2) is 41.3 Å². The van der Waals surface area contributed by atoms with Crippen LogP contribution < -0.4 is 4.72 Å². The Bertz CT molecular complexity index is 893. The first kappa shape index (κ1) is 19.6. The first-order valence-corrected chi connectivity index (χ1v) is 10.8. The molecule has 2 aromatic rings. The van der Waals surface area contributed by atoms with Crippen molar-refractivity contribution in [3.05, 3.63) is 65.7 Å². The summed E-state index contributed by atoms with van der Waals surface area (Å²) in [6, 6.07) is 15.3. The second-order valence-corrected chi connectivity index (χ2v) is 9.63. The molecule has 0 spiro atoms. The lowest BCUT2D eigenvalue weighted by molar-refractivity contribution is 0.469. The smallest absolute Gasteiger partial charge is 0.214 e. The van der Waals surface area contributed by atoms with Crippen molar-refractivity contribution in [3.8, 4) is 0 Å². The van der Waals surface area contributed by atoms with Crippen molar-refractivity contribution < 1.29 is 16.8 Å². The molecule has 0 aromatic heterocycles. The van der Waals surface area contributed by atoms with Crippen molar-refractivity contribution in [2.45, 2.75) is 17.6 Å². The Morgan fingerprint density at radius 3 is 2.12 bits per heavy atom. The summed E-state index contributed by atoms with van der Waals surface area (Å²) in [5.41, 5.74) is 1.64. The van der Waals surface area contributed by atoms with Crippen LogP contribution in [0.1, 0.15) is 11.1 Å². The lowest BCUT2D eigenvalue weighted by Gasteiger charge is -2.17. The van der Waals surface area contributed by atoms with Crippen molar-refractivity contribution in [1.82, 2.24) is 9.03 Å². The number of rotatable bonds is 8. The van der Waals surface area contributed by atoms with Gasteiger partial charge in [-0.3, -0.25) is 0 Å². The van der Waals surface area contributed by atoms with Crippen LogP contribution in [0.5, 0.6) is 0 Å². The molecule has 25 heavy (non-hydrogen) atoms. The SMILES string of the molecule is Cc1ccc(S(=O)(=O)N(C)CCNS(=O)(=O)Cc2ccccc2)cc1. The summed E-state index contributed by atoms with van der Waals surface area (Å²) >= 11 is 0. The second kappa shape index (κ2) is 8.09. The number of sulfonamides is 2. The zero-order chi connectivity index (χ0) is 18.5. The molecule has 0 unspecified atom stereocenters. The minimum Gasteiger partial charge on any atom is -0.214 e. The van der Waals surface area contributed by atoms with Gasteiger partial charge in [0.05, 0.1) is 10.6 Å². The summed E-state index contributed by atoms with van der Waals surface area (Å²) in [6.07, 6.45) is 0. The highest BCUT2D eigenvalue weighted by Crippen LogP contribution is 2.14. The fourth-order valence-corrected chi connectivity index (χ4v) is 4.52. The zero-order valence-corrected chi connectivity index (χ0v) is 15.8. The molecule has 0 bridgehead atoms. The molecule has 1 N–H and O–H groups in total. The summed E-state index contributed by atoms with van der Waals surface area (Å²) in [5.74, 6) is -0.137. The Kier molecular flexibility index (Phi) is 6.34. The Morgan fingerprint density at radius 1 is 0.920 bits per heavy atom.